The Morgan fingerprint density at radius 1 is 0.467 bits per heavy atom. The number of allylic oxidation sites excluding steroid dienone is 2. The van der Waals surface area contributed by atoms with Crippen molar-refractivity contribution in [2.24, 2.45) is 0 Å². The molecule has 6 aromatic carbocycles. The first-order valence-electron chi connectivity index (χ1n) is 18.9. The van der Waals surface area contributed by atoms with Crippen LogP contribution in [0.4, 0.5) is 0 Å². The van der Waals surface area contributed by atoms with Crippen molar-refractivity contribution in [2.75, 3.05) is 0 Å². The smallest absolute Gasteiger partial charge is 0.155 e. The van der Waals surface area contributed by atoms with Crippen molar-refractivity contribution in [3.8, 4) is 22.5 Å². The van der Waals surface area contributed by atoms with Crippen LogP contribution >= 0.6 is 14.3 Å². The minimum Gasteiger partial charge on any atom is -0.512 e. The van der Waals surface area contributed by atoms with Gasteiger partial charge in [-0.1, -0.05) is 156 Å². The molecule has 1 N–H and O–H groups in total. The minimum absolute atomic E-state index is 0. The van der Waals surface area contributed by atoms with E-state index in [0.29, 0.717) is 0 Å². The van der Waals surface area contributed by atoms with Gasteiger partial charge in [0, 0.05) is 59.8 Å². The van der Waals surface area contributed by atoms with Gasteiger partial charge in [0.15, 0.2) is 5.78 Å². The summed E-state index contributed by atoms with van der Waals surface area (Å²) in [5, 5.41) is 13.2. The summed E-state index contributed by atoms with van der Waals surface area (Å²) in [7, 11) is -5.88. The van der Waals surface area contributed by atoms with Gasteiger partial charge < -0.3 is 24.2 Å². The molecule has 2 aromatic heterocycles. The van der Waals surface area contributed by atoms with Gasteiger partial charge in [-0.05, 0) is 37.4 Å². The van der Waals surface area contributed by atoms with E-state index in [9.17, 15) is 13.9 Å². The second kappa shape index (κ2) is 21.8. The van der Waals surface area contributed by atoms with E-state index in [-0.39, 0.29) is 31.6 Å². The molecule has 0 unspecified atom stereocenters. The van der Waals surface area contributed by atoms with E-state index in [2.05, 4.69) is 22.1 Å². The molecule has 8 rings (SSSR count). The SMILES string of the molecule is CC(=O)/C=C(/C)O.O=P(c1c[c-]c(-c2ccccn2)cc1)(c1ccccc1)c1ccccc1.O=P(c1c[c-]c(-c2ccccn2)cc1)(c1ccccc1)c1ccccc1.[Ir]. The molecule has 0 bridgehead atoms. The third kappa shape index (κ3) is 11.2. The van der Waals surface area contributed by atoms with Gasteiger partial charge in [-0.25, -0.2) is 0 Å². The van der Waals surface area contributed by atoms with E-state index < -0.39 is 14.3 Å². The van der Waals surface area contributed by atoms with Crippen LogP contribution in [-0.2, 0) is 34.0 Å². The number of carbonyl (C=O) groups excluding carboxylic acids is 1. The molecule has 0 aliphatic heterocycles. The minimum atomic E-state index is -2.94. The first-order valence-corrected chi connectivity index (χ1v) is 22.3. The second-order valence-corrected chi connectivity index (χ2v) is 18.8. The third-order valence-corrected chi connectivity index (χ3v) is 15.2. The van der Waals surface area contributed by atoms with Crippen molar-refractivity contribution >= 4 is 51.9 Å². The molecule has 0 atom stereocenters. The van der Waals surface area contributed by atoms with Crippen molar-refractivity contribution in [2.45, 2.75) is 13.8 Å². The molecule has 0 aliphatic rings. The molecule has 2 heterocycles. The maximum atomic E-state index is 14.2. The predicted molar refractivity (Wildman–Crippen MR) is 243 cm³/mol. The Bertz CT molecular complexity index is 2400. The molecule has 0 amide bonds. The number of pyridine rings is 2. The molecule has 6 nitrogen and oxygen atoms in total. The summed E-state index contributed by atoms with van der Waals surface area (Å²) in [5.74, 6) is -0.0625. The first-order chi connectivity index (χ1) is 28.7. The van der Waals surface area contributed by atoms with E-state index in [4.69, 9.17) is 5.11 Å². The summed E-state index contributed by atoms with van der Waals surface area (Å²) < 4.78 is 28.5. The van der Waals surface area contributed by atoms with Gasteiger partial charge in [-0.3, -0.25) is 4.79 Å². The summed E-state index contributed by atoms with van der Waals surface area (Å²) in [4.78, 5) is 18.7. The van der Waals surface area contributed by atoms with Crippen LogP contribution < -0.4 is 31.8 Å². The van der Waals surface area contributed by atoms with Gasteiger partial charge in [0.05, 0.1) is 5.76 Å². The fourth-order valence-electron chi connectivity index (χ4n) is 6.33. The quantitative estimate of drug-likeness (QED) is 0.0671. The molecular formula is C51H42IrN2O4P2-2. The van der Waals surface area contributed by atoms with Crippen LogP contribution in [0.2, 0.25) is 0 Å². The third-order valence-electron chi connectivity index (χ3n) is 9.09. The number of ketones is 1. The van der Waals surface area contributed by atoms with E-state index >= 15 is 0 Å². The number of nitrogens with zero attached hydrogens (tertiary/aromatic N) is 2. The number of hydrogen-bond donors (Lipinski definition) is 1. The van der Waals surface area contributed by atoms with Crippen molar-refractivity contribution < 1.29 is 39.1 Å². The van der Waals surface area contributed by atoms with Crippen LogP contribution in [-0.4, -0.2) is 20.9 Å². The van der Waals surface area contributed by atoms with Crippen LogP contribution in [0.15, 0.2) is 218 Å². The average Bonchev–Trinajstić information content (AvgIpc) is 3.30. The van der Waals surface area contributed by atoms with Crippen molar-refractivity contribution in [3.05, 3.63) is 230 Å². The maximum absolute atomic E-state index is 14.2. The molecular weight excluding hydrogens is 959 g/mol. The molecule has 0 spiro atoms. The van der Waals surface area contributed by atoms with Gasteiger partial charge in [0.1, 0.15) is 14.3 Å². The van der Waals surface area contributed by atoms with Gasteiger partial charge in [0.2, 0.25) is 0 Å². The Morgan fingerprint density at radius 2 is 0.783 bits per heavy atom. The standard InChI is InChI=1S/2C23H17NOP.C5H8O2.Ir/c2*25-26(20-9-3-1-4-10-20,21-11-5-2-6-12-21)22-16-14-19(15-17-22)23-13-7-8-18-24-23;1-4(6)3-5(2)7;/h2*1-14,16-18H;3,6H,1-2H3;/q2*-1;;/b;;4-3-;. The van der Waals surface area contributed by atoms with Crippen LogP contribution in [0, 0.1) is 12.1 Å². The van der Waals surface area contributed by atoms with E-state index in [1.807, 2.05) is 194 Å². The zero-order valence-corrected chi connectivity index (χ0v) is 37.2. The molecule has 9 heteroatoms. The van der Waals surface area contributed by atoms with Crippen molar-refractivity contribution in [1.29, 1.82) is 0 Å². The number of benzene rings is 6. The fraction of sp³-hybridized carbons (Fsp3) is 0.0392. The largest absolute Gasteiger partial charge is 0.512 e. The second-order valence-electron chi connectivity index (χ2n) is 13.3. The summed E-state index contributed by atoms with van der Waals surface area (Å²) >= 11 is 0. The van der Waals surface area contributed by atoms with Crippen LogP contribution in [0.1, 0.15) is 13.8 Å². The van der Waals surface area contributed by atoms with Crippen molar-refractivity contribution in [1.82, 2.24) is 9.97 Å². The molecule has 301 valence electrons. The van der Waals surface area contributed by atoms with Crippen LogP contribution in [0.3, 0.4) is 0 Å². The first kappa shape index (κ1) is 45.0. The zero-order chi connectivity index (χ0) is 41.5. The number of aliphatic hydroxyl groups is 1. The number of hydrogen-bond acceptors (Lipinski definition) is 6. The van der Waals surface area contributed by atoms with Crippen molar-refractivity contribution in [3.63, 3.8) is 0 Å². The van der Waals surface area contributed by atoms with E-state index in [1.54, 1.807) is 12.4 Å². The topological polar surface area (TPSA) is 97.2 Å². The molecule has 60 heavy (non-hydrogen) atoms. The zero-order valence-electron chi connectivity index (χ0n) is 33.0. The van der Waals surface area contributed by atoms with Gasteiger partial charge in [-0.2, -0.15) is 0 Å². The number of rotatable bonds is 9. The number of aliphatic hydroxyl groups excluding tert-OH is 1. The summed E-state index contributed by atoms with van der Waals surface area (Å²) in [6.07, 6.45) is 4.69. The Labute approximate surface area is 365 Å². The number of carbonyl (C=O) groups is 1. The van der Waals surface area contributed by atoms with E-state index in [0.717, 1.165) is 54.3 Å². The molecule has 1 radical (unpaired) electrons. The summed E-state index contributed by atoms with van der Waals surface area (Å²) in [6, 6.07) is 68.1. The Kier molecular flexibility index (Phi) is 16.4. The molecule has 0 saturated carbocycles. The summed E-state index contributed by atoms with van der Waals surface area (Å²) in [5.41, 5.74) is 3.49. The van der Waals surface area contributed by atoms with Crippen LogP contribution in [0.25, 0.3) is 22.5 Å². The van der Waals surface area contributed by atoms with Gasteiger partial charge in [-0.15, -0.1) is 59.7 Å². The Balaban J connectivity index is 0.000000194. The molecule has 0 saturated heterocycles. The fourth-order valence-corrected chi connectivity index (χ4v) is 11.5. The molecule has 0 aliphatic carbocycles. The Hall–Kier alpha value is -6.06. The molecule has 0 fully saturated rings. The predicted octanol–water partition coefficient (Wildman–Crippen LogP) is 9.41. The maximum Gasteiger partial charge on any atom is 0.155 e. The van der Waals surface area contributed by atoms with E-state index in [1.165, 1.54) is 19.9 Å². The number of aromatic nitrogens is 2. The molecule has 8 aromatic rings. The average molecular weight is 1000 g/mol. The normalized spacial score (nSPS) is 11.1. The van der Waals surface area contributed by atoms with Gasteiger partial charge in [0.25, 0.3) is 0 Å². The van der Waals surface area contributed by atoms with Crippen LogP contribution in [0.5, 0.6) is 0 Å². The monoisotopic (exact) mass is 1000 g/mol. The Morgan fingerprint density at radius 3 is 1.00 bits per heavy atom. The summed E-state index contributed by atoms with van der Waals surface area (Å²) in [6.45, 7) is 2.85. The van der Waals surface area contributed by atoms with Gasteiger partial charge >= 0.3 is 0 Å².